The molecule has 2 aromatic carbocycles. The lowest BCUT2D eigenvalue weighted by molar-refractivity contribution is -0.141. The van der Waals surface area contributed by atoms with Crippen LogP contribution in [0.3, 0.4) is 0 Å². The molecule has 0 atom stereocenters. The van der Waals surface area contributed by atoms with Crippen LogP contribution in [-0.4, -0.2) is 23.6 Å². The van der Waals surface area contributed by atoms with Crippen molar-refractivity contribution in [2.45, 2.75) is 26.8 Å². The van der Waals surface area contributed by atoms with E-state index in [9.17, 15) is 9.59 Å². The molecular formula is C20H20N2O3S. The topological polar surface area (TPSA) is 60.7 Å². The number of rotatable bonds is 4. The molecule has 0 unspecified atom stereocenters. The maximum absolute atomic E-state index is 12.5. The van der Waals surface area contributed by atoms with Crippen molar-refractivity contribution < 1.29 is 14.3 Å². The highest BCUT2D eigenvalue weighted by Gasteiger charge is 2.12. The number of esters is 1. The van der Waals surface area contributed by atoms with Crippen LogP contribution >= 0.6 is 11.3 Å². The zero-order chi connectivity index (χ0) is 18.7. The smallest absolute Gasteiger partial charge is 0.325 e. The summed E-state index contributed by atoms with van der Waals surface area (Å²) < 4.78 is 7.50. The van der Waals surface area contributed by atoms with Gasteiger partial charge in [0.05, 0.1) is 23.7 Å². The Bertz CT molecular complexity index is 1050. The number of ether oxygens (including phenoxy) is 1. The van der Waals surface area contributed by atoms with Crippen LogP contribution in [0.25, 0.3) is 10.2 Å². The number of fused-ring (bicyclic) bond motifs is 1. The predicted molar refractivity (Wildman–Crippen MR) is 102 cm³/mol. The number of hydrogen-bond acceptors (Lipinski definition) is 4. The summed E-state index contributed by atoms with van der Waals surface area (Å²) in [5, 5.41) is 0. The van der Waals surface area contributed by atoms with Crippen LogP contribution in [0.5, 0.6) is 0 Å². The summed E-state index contributed by atoms with van der Waals surface area (Å²) >= 11 is 1.40. The second-order valence-electron chi connectivity index (χ2n) is 6.19. The number of hydrogen-bond donors (Lipinski definition) is 0. The second kappa shape index (κ2) is 7.66. The van der Waals surface area contributed by atoms with Gasteiger partial charge in [0.15, 0.2) is 4.80 Å². The highest BCUT2D eigenvalue weighted by atomic mass is 32.1. The molecule has 0 spiro atoms. The highest BCUT2D eigenvalue weighted by Crippen LogP contribution is 2.19. The fourth-order valence-electron chi connectivity index (χ4n) is 2.76. The van der Waals surface area contributed by atoms with Gasteiger partial charge < -0.3 is 9.30 Å². The van der Waals surface area contributed by atoms with Crippen LogP contribution in [0.4, 0.5) is 0 Å². The third-order valence-corrected chi connectivity index (χ3v) is 5.05. The number of amides is 1. The van der Waals surface area contributed by atoms with Crippen molar-refractivity contribution in [3.63, 3.8) is 0 Å². The number of aryl methyl sites for hydroxylation is 2. The van der Waals surface area contributed by atoms with E-state index in [0.29, 0.717) is 4.80 Å². The number of thiazole rings is 1. The molecule has 0 aliphatic carbocycles. The standard InChI is InChI=1S/C20H20N2O3S/c1-13-5-4-6-15(9-13)11-18(23)21-20-22(12-19(24)25-3)16-8-7-14(2)10-17(16)26-20/h4-10H,11-12H2,1-3H3. The van der Waals surface area contributed by atoms with Crippen molar-refractivity contribution in [2.75, 3.05) is 7.11 Å². The summed E-state index contributed by atoms with van der Waals surface area (Å²) in [6, 6.07) is 13.7. The van der Waals surface area contributed by atoms with Gasteiger partial charge in [0, 0.05) is 0 Å². The van der Waals surface area contributed by atoms with Crippen LogP contribution in [-0.2, 0) is 27.3 Å². The highest BCUT2D eigenvalue weighted by molar-refractivity contribution is 7.16. The van der Waals surface area contributed by atoms with E-state index in [1.165, 1.54) is 18.4 Å². The van der Waals surface area contributed by atoms with Gasteiger partial charge >= 0.3 is 5.97 Å². The van der Waals surface area contributed by atoms with Gasteiger partial charge in [-0.1, -0.05) is 47.2 Å². The average molecular weight is 368 g/mol. The summed E-state index contributed by atoms with van der Waals surface area (Å²) in [7, 11) is 1.35. The Morgan fingerprint density at radius 1 is 1.12 bits per heavy atom. The third-order valence-electron chi connectivity index (χ3n) is 4.01. The lowest BCUT2D eigenvalue weighted by Gasteiger charge is -2.04. The maximum atomic E-state index is 12.5. The SMILES string of the molecule is COC(=O)Cn1c(=NC(=O)Cc2cccc(C)c2)sc2cc(C)ccc21. The van der Waals surface area contributed by atoms with E-state index in [4.69, 9.17) is 4.74 Å². The van der Waals surface area contributed by atoms with E-state index in [1.807, 2.05) is 56.3 Å². The summed E-state index contributed by atoms with van der Waals surface area (Å²) in [5.74, 6) is -0.615. The first-order chi connectivity index (χ1) is 12.5. The molecule has 1 heterocycles. The van der Waals surface area contributed by atoms with Crippen molar-refractivity contribution in [3.05, 3.63) is 64.0 Å². The third kappa shape index (κ3) is 4.08. The van der Waals surface area contributed by atoms with Crippen LogP contribution in [0.2, 0.25) is 0 Å². The quantitative estimate of drug-likeness (QED) is 0.665. The van der Waals surface area contributed by atoms with Gasteiger partial charge in [-0.05, 0) is 37.1 Å². The van der Waals surface area contributed by atoms with Gasteiger partial charge in [-0.15, -0.1) is 0 Å². The van der Waals surface area contributed by atoms with Gasteiger partial charge in [-0.3, -0.25) is 9.59 Å². The molecule has 0 aliphatic heterocycles. The Kier molecular flexibility index (Phi) is 5.32. The molecule has 0 bridgehead atoms. The van der Waals surface area contributed by atoms with Gasteiger partial charge in [0.2, 0.25) is 0 Å². The lowest BCUT2D eigenvalue weighted by atomic mass is 10.1. The minimum atomic E-state index is -0.377. The van der Waals surface area contributed by atoms with Crippen molar-refractivity contribution in [1.29, 1.82) is 0 Å². The fraction of sp³-hybridized carbons (Fsp3) is 0.250. The molecule has 134 valence electrons. The molecule has 3 aromatic rings. The van der Waals surface area contributed by atoms with Crippen molar-refractivity contribution in [3.8, 4) is 0 Å². The summed E-state index contributed by atoms with van der Waals surface area (Å²) in [5.41, 5.74) is 4.01. The van der Waals surface area contributed by atoms with E-state index >= 15 is 0 Å². The Morgan fingerprint density at radius 3 is 2.62 bits per heavy atom. The van der Waals surface area contributed by atoms with Gasteiger partial charge in [0.1, 0.15) is 6.54 Å². The van der Waals surface area contributed by atoms with Crippen LogP contribution < -0.4 is 4.80 Å². The van der Waals surface area contributed by atoms with Gasteiger partial charge in [-0.25, -0.2) is 0 Å². The van der Waals surface area contributed by atoms with Crippen LogP contribution in [0.1, 0.15) is 16.7 Å². The molecule has 1 amide bonds. The molecule has 0 saturated carbocycles. The van der Waals surface area contributed by atoms with Gasteiger partial charge in [0.25, 0.3) is 5.91 Å². The first-order valence-corrected chi connectivity index (χ1v) is 9.08. The number of aromatic nitrogens is 1. The number of carbonyl (C=O) groups excluding carboxylic acids is 2. The molecular weight excluding hydrogens is 348 g/mol. The molecule has 5 nitrogen and oxygen atoms in total. The Balaban J connectivity index is 2.01. The first-order valence-electron chi connectivity index (χ1n) is 8.26. The maximum Gasteiger partial charge on any atom is 0.325 e. The molecule has 1 aromatic heterocycles. The minimum Gasteiger partial charge on any atom is -0.468 e. The zero-order valence-corrected chi connectivity index (χ0v) is 15.8. The monoisotopic (exact) mass is 368 g/mol. The van der Waals surface area contributed by atoms with E-state index in [2.05, 4.69) is 4.99 Å². The van der Waals surface area contributed by atoms with E-state index in [1.54, 1.807) is 4.57 Å². The number of nitrogens with zero attached hydrogens (tertiary/aromatic N) is 2. The fourth-order valence-corrected chi connectivity index (χ4v) is 3.90. The number of benzene rings is 2. The normalized spacial score (nSPS) is 11.7. The predicted octanol–water partition coefficient (Wildman–Crippen LogP) is 3.16. The minimum absolute atomic E-state index is 0.0239. The van der Waals surface area contributed by atoms with Crippen LogP contribution in [0, 0.1) is 13.8 Å². The second-order valence-corrected chi connectivity index (χ2v) is 7.20. The molecule has 0 saturated heterocycles. The molecule has 6 heteroatoms. The molecule has 3 rings (SSSR count). The number of methoxy groups -OCH3 is 1. The molecule has 0 aliphatic rings. The Morgan fingerprint density at radius 2 is 1.88 bits per heavy atom. The number of carbonyl (C=O) groups is 2. The largest absolute Gasteiger partial charge is 0.468 e. The Labute approximate surface area is 155 Å². The summed E-state index contributed by atoms with van der Waals surface area (Å²) in [4.78, 5) is 29.0. The van der Waals surface area contributed by atoms with Crippen molar-refractivity contribution in [2.24, 2.45) is 4.99 Å². The van der Waals surface area contributed by atoms with Gasteiger partial charge in [-0.2, -0.15) is 4.99 Å². The lowest BCUT2D eigenvalue weighted by Crippen LogP contribution is -2.22. The zero-order valence-electron chi connectivity index (χ0n) is 15.0. The van der Waals surface area contributed by atoms with Crippen molar-refractivity contribution >= 4 is 33.4 Å². The Hall–Kier alpha value is -2.73. The van der Waals surface area contributed by atoms with Crippen LogP contribution in [0.15, 0.2) is 47.5 Å². The van der Waals surface area contributed by atoms with E-state index < -0.39 is 0 Å². The molecule has 26 heavy (non-hydrogen) atoms. The molecule has 0 radical (unpaired) electrons. The summed E-state index contributed by atoms with van der Waals surface area (Å²) in [6.07, 6.45) is 0.229. The van der Waals surface area contributed by atoms with E-state index in [-0.39, 0.29) is 24.8 Å². The average Bonchev–Trinajstić information content (AvgIpc) is 2.90. The summed E-state index contributed by atoms with van der Waals surface area (Å²) in [6.45, 7) is 4.02. The van der Waals surface area contributed by atoms with E-state index in [0.717, 1.165) is 26.9 Å². The molecule has 0 fully saturated rings. The first kappa shape index (κ1) is 18.1. The molecule has 0 N–H and O–H groups in total. The van der Waals surface area contributed by atoms with Crippen molar-refractivity contribution in [1.82, 2.24) is 4.57 Å².